The molecule has 1 aromatic heterocycles. The molecule has 200 valence electrons. The van der Waals surface area contributed by atoms with E-state index in [4.69, 9.17) is 14.8 Å². The van der Waals surface area contributed by atoms with Gasteiger partial charge in [-0.25, -0.2) is 8.42 Å². The Labute approximate surface area is 217 Å². The fraction of sp³-hybridized carbons (Fsp3) is 0.500. The molecular weight excluding hydrogens is 496 g/mol. The Hall–Kier alpha value is -2.86. The van der Waals surface area contributed by atoms with E-state index in [-0.39, 0.29) is 23.5 Å². The van der Waals surface area contributed by atoms with E-state index in [1.165, 1.54) is 8.87 Å². The molecule has 11 heteroatoms. The van der Waals surface area contributed by atoms with Crippen molar-refractivity contribution in [2.75, 3.05) is 45.9 Å². The molecule has 2 aromatic rings. The van der Waals surface area contributed by atoms with Gasteiger partial charge >= 0.3 is 0 Å². The van der Waals surface area contributed by atoms with Crippen LogP contribution in [0.2, 0.25) is 0 Å². The molecular formula is C26H34N4O6S. The SMILES string of the molecule is CCCc1c2c(c(=O)n(C)c1C=O)CC(c1cc(S(=O)(=O)N3CCN(CCO)CC3)ccc1OCC)=N2. The number of aldehydes is 1. The molecule has 1 saturated heterocycles. The van der Waals surface area contributed by atoms with Crippen LogP contribution in [0.25, 0.3) is 0 Å². The van der Waals surface area contributed by atoms with E-state index in [1.54, 1.807) is 25.2 Å². The van der Waals surface area contributed by atoms with Gasteiger partial charge in [0.1, 0.15) is 5.75 Å². The molecule has 0 spiro atoms. The average molecular weight is 531 g/mol. The Morgan fingerprint density at radius 2 is 1.89 bits per heavy atom. The lowest BCUT2D eigenvalue weighted by Crippen LogP contribution is -2.49. The van der Waals surface area contributed by atoms with Crippen molar-refractivity contribution in [3.63, 3.8) is 0 Å². The van der Waals surface area contributed by atoms with Gasteiger partial charge < -0.3 is 14.4 Å². The molecule has 0 aliphatic carbocycles. The lowest BCUT2D eigenvalue weighted by Gasteiger charge is -2.33. The van der Waals surface area contributed by atoms with Crippen molar-refractivity contribution in [3.05, 3.63) is 50.9 Å². The maximum absolute atomic E-state index is 13.5. The van der Waals surface area contributed by atoms with Gasteiger partial charge in [-0.1, -0.05) is 13.3 Å². The maximum atomic E-state index is 13.5. The van der Waals surface area contributed by atoms with Gasteiger partial charge in [0.2, 0.25) is 10.0 Å². The molecule has 37 heavy (non-hydrogen) atoms. The number of hydrogen-bond donors (Lipinski definition) is 1. The number of sulfonamides is 1. The predicted molar refractivity (Wildman–Crippen MR) is 141 cm³/mol. The van der Waals surface area contributed by atoms with Crippen LogP contribution in [0.4, 0.5) is 5.69 Å². The van der Waals surface area contributed by atoms with Crippen molar-refractivity contribution in [1.29, 1.82) is 0 Å². The van der Waals surface area contributed by atoms with Crippen molar-refractivity contribution in [3.8, 4) is 5.75 Å². The zero-order valence-corrected chi connectivity index (χ0v) is 22.4. The third-order valence-corrected chi connectivity index (χ3v) is 8.85. The van der Waals surface area contributed by atoms with Gasteiger partial charge in [-0.15, -0.1) is 0 Å². The number of rotatable bonds is 10. The van der Waals surface area contributed by atoms with Crippen LogP contribution >= 0.6 is 0 Å². The van der Waals surface area contributed by atoms with Gasteiger partial charge in [-0.05, 0) is 31.5 Å². The molecule has 1 N–H and O–H groups in total. The van der Waals surface area contributed by atoms with Gasteiger partial charge in [0.15, 0.2) is 6.29 Å². The summed E-state index contributed by atoms with van der Waals surface area (Å²) in [4.78, 5) is 31.8. The highest BCUT2D eigenvalue weighted by Gasteiger charge is 2.31. The lowest BCUT2D eigenvalue weighted by molar-refractivity contribution is 0.111. The molecule has 1 fully saturated rings. The summed E-state index contributed by atoms with van der Waals surface area (Å²) < 4.78 is 35.7. The first-order chi connectivity index (χ1) is 17.8. The topological polar surface area (TPSA) is 122 Å². The number of aliphatic hydroxyl groups excluding tert-OH is 1. The normalized spacial score (nSPS) is 16.5. The highest BCUT2D eigenvalue weighted by atomic mass is 32.2. The maximum Gasteiger partial charge on any atom is 0.256 e. The zero-order valence-electron chi connectivity index (χ0n) is 21.6. The minimum atomic E-state index is -3.77. The highest BCUT2D eigenvalue weighted by molar-refractivity contribution is 7.89. The summed E-state index contributed by atoms with van der Waals surface area (Å²) in [6.45, 7) is 6.55. The first-order valence-corrected chi connectivity index (χ1v) is 14.1. The summed E-state index contributed by atoms with van der Waals surface area (Å²) in [6.07, 6.45) is 2.29. The number of fused-ring (bicyclic) bond motifs is 1. The number of hydrogen-bond acceptors (Lipinski definition) is 8. The molecule has 1 aromatic carbocycles. The monoisotopic (exact) mass is 530 g/mol. The minimum Gasteiger partial charge on any atom is -0.493 e. The molecule has 0 unspecified atom stereocenters. The van der Waals surface area contributed by atoms with Crippen molar-refractivity contribution >= 4 is 27.7 Å². The van der Waals surface area contributed by atoms with Crippen LogP contribution in [0.15, 0.2) is 32.9 Å². The van der Waals surface area contributed by atoms with Crippen molar-refractivity contribution in [2.45, 2.75) is 38.0 Å². The second kappa shape index (κ2) is 11.3. The molecule has 4 rings (SSSR count). The fourth-order valence-corrected chi connectivity index (χ4v) is 6.47. The summed E-state index contributed by atoms with van der Waals surface area (Å²) in [7, 11) is -2.19. The average Bonchev–Trinajstić information content (AvgIpc) is 3.34. The third-order valence-electron chi connectivity index (χ3n) is 6.95. The standard InChI is InChI=1S/C26H34N4O6S/c1-4-6-19-23(17-32)28(3)26(33)21-16-22(27-25(19)21)20-15-18(7-8-24(20)36-5-2)37(34,35)30-11-9-29(10-12-30)13-14-31/h7-8,15,17,31H,4-6,9-14,16H2,1-3H3. The predicted octanol–water partition coefficient (Wildman–Crippen LogP) is 1.52. The number of pyridine rings is 1. The number of carbonyl (C=O) groups excluding carboxylic acids is 1. The molecule has 0 amide bonds. The van der Waals surface area contributed by atoms with Gasteiger partial charge in [-0.2, -0.15) is 4.31 Å². The Balaban J connectivity index is 1.75. The van der Waals surface area contributed by atoms with Crippen molar-refractivity contribution in [2.24, 2.45) is 12.0 Å². The first-order valence-electron chi connectivity index (χ1n) is 12.6. The smallest absolute Gasteiger partial charge is 0.256 e. The molecule has 2 aliphatic heterocycles. The Morgan fingerprint density at radius 3 is 2.51 bits per heavy atom. The second-order valence-electron chi connectivity index (χ2n) is 9.22. The van der Waals surface area contributed by atoms with E-state index < -0.39 is 10.0 Å². The Bertz CT molecular complexity index is 1370. The van der Waals surface area contributed by atoms with Crippen LogP contribution in [0.3, 0.4) is 0 Å². The fourth-order valence-electron chi connectivity index (χ4n) is 5.02. The highest BCUT2D eigenvalue weighted by Crippen LogP contribution is 2.36. The van der Waals surface area contributed by atoms with Crippen molar-refractivity contribution < 1.29 is 23.1 Å². The lowest BCUT2D eigenvalue weighted by atomic mass is 10.00. The van der Waals surface area contributed by atoms with Crippen LogP contribution in [0.5, 0.6) is 5.75 Å². The third kappa shape index (κ3) is 5.13. The number of benzene rings is 1. The van der Waals surface area contributed by atoms with E-state index >= 15 is 0 Å². The van der Waals surface area contributed by atoms with Crippen LogP contribution in [0, 0.1) is 0 Å². The number of piperazine rings is 1. The van der Waals surface area contributed by atoms with Gasteiger partial charge in [0.25, 0.3) is 5.56 Å². The number of aliphatic hydroxyl groups is 1. The number of aliphatic imine (C=N–C) groups is 1. The number of β-amino-alcohol motifs (C(OH)–C–C–N with tert-alkyl or cyclic N) is 1. The Morgan fingerprint density at radius 1 is 1.16 bits per heavy atom. The quantitative estimate of drug-likeness (QED) is 0.462. The number of aromatic nitrogens is 1. The van der Waals surface area contributed by atoms with E-state index in [0.717, 1.165) is 12.0 Å². The van der Waals surface area contributed by atoms with E-state index in [2.05, 4.69) is 0 Å². The summed E-state index contributed by atoms with van der Waals surface area (Å²) in [5.74, 6) is 0.491. The molecule has 3 heterocycles. The summed E-state index contributed by atoms with van der Waals surface area (Å²) >= 11 is 0. The largest absolute Gasteiger partial charge is 0.493 e. The van der Waals surface area contributed by atoms with Gasteiger partial charge in [0, 0.05) is 62.9 Å². The minimum absolute atomic E-state index is 0.0386. The molecule has 0 atom stereocenters. The van der Waals surface area contributed by atoms with E-state index in [0.29, 0.717) is 86.0 Å². The van der Waals surface area contributed by atoms with Crippen LogP contribution < -0.4 is 10.3 Å². The second-order valence-corrected chi connectivity index (χ2v) is 11.2. The molecule has 2 aliphatic rings. The molecule has 0 bridgehead atoms. The van der Waals surface area contributed by atoms with Crippen LogP contribution in [-0.4, -0.2) is 85.2 Å². The number of carbonyl (C=O) groups is 1. The summed E-state index contributed by atoms with van der Waals surface area (Å²) in [6, 6.07) is 4.76. The van der Waals surface area contributed by atoms with E-state index in [1.807, 2.05) is 18.7 Å². The summed E-state index contributed by atoms with van der Waals surface area (Å²) in [5.41, 5.74) is 2.85. The van der Waals surface area contributed by atoms with Crippen molar-refractivity contribution in [1.82, 2.24) is 13.8 Å². The molecule has 10 nitrogen and oxygen atoms in total. The Kier molecular flexibility index (Phi) is 8.27. The zero-order chi connectivity index (χ0) is 26.7. The van der Waals surface area contributed by atoms with Gasteiger partial charge in [-0.3, -0.25) is 19.5 Å². The number of nitrogens with zero attached hydrogens (tertiary/aromatic N) is 4. The molecule has 0 saturated carbocycles. The van der Waals surface area contributed by atoms with Crippen LogP contribution in [-0.2, 0) is 29.9 Å². The van der Waals surface area contributed by atoms with Gasteiger partial charge in [0.05, 0.1) is 35.2 Å². The van der Waals surface area contributed by atoms with Crippen LogP contribution in [0.1, 0.15) is 47.4 Å². The number of ether oxygens (including phenoxy) is 1. The first kappa shape index (κ1) is 27.2. The van der Waals surface area contributed by atoms with E-state index in [9.17, 15) is 18.0 Å². The summed E-state index contributed by atoms with van der Waals surface area (Å²) in [5, 5.41) is 9.17. The molecule has 0 radical (unpaired) electrons.